The molecule has 0 bridgehead atoms. The summed E-state index contributed by atoms with van der Waals surface area (Å²) in [7, 11) is 1.55. The average Bonchev–Trinajstić information content (AvgIpc) is 2.72. The van der Waals surface area contributed by atoms with Crippen molar-refractivity contribution < 1.29 is 19.4 Å². The van der Waals surface area contributed by atoms with Gasteiger partial charge < -0.3 is 30.5 Å². The zero-order valence-corrected chi connectivity index (χ0v) is 16.6. The number of hydrogen-bond donors (Lipinski definition) is 4. The number of ether oxygens (including phenoxy) is 2. The molecule has 4 N–H and O–H groups in total. The van der Waals surface area contributed by atoms with Gasteiger partial charge in [0, 0.05) is 30.0 Å². The van der Waals surface area contributed by atoms with Crippen LogP contribution in [0.15, 0.2) is 42.5 Å². The number of urea groups is 1. The van der Waals surface area contributed by atoms with Crippen molar-refractivity contribution in [2.45, 2.75) is 32.7 Å². The number of aliphatic hydroxyl groups excluding tert-OH is 1. The van der Waals surface area contributed by atoms with Crippen molar-refractivity contribution in [2.24, 2.45) is 0 Å². The van der Waals surface area contributed by atoms with Gasteiger partial charge in [-0.3, -0.25) is 0 Å². The van der Waals surface area contributed by atoms with Gasteiger partial charge in [-0.1, -0.05) is 13.8 Å². The highest BCUT2D eigenvalue weighted by Gasteiger charge is 2.11. The van der Waals surface area contributed by atoms with Crippen LogP contribution in [0.25, 0.3) is 0 Å². The van der Waals surface area contributed by atoms with Crippen LogP contribution in [0.1, 0.15) is 26.7 Å². The van der Waals surface area contributed by atoms with E-state index in [1.54, 1.807) is 25.3 Å². The molecular formula is C21H29N3O4. The Morgan fingerprint density at radius 3 is 2.32 bits per heavy atom. The van der Waals surface area contributed by atoms with Gasteiger partial charge in [-0.05, 0) is 49.2 Å². The Morgan fingerprint density at radius 1 is 1.04 bits per heavy atom. The molecule has 0 aliphatic rings. The van der Waals surface area contributed by atoms with Gasteiger partial charge in [0.05, 0.1) is 13.7 Å². The number of aliphatic hydroxyl groups is 1. The van der Waals surface area contributed by atoms with E-state index in [0.717, 1.165) is 18.5 Å². The van der Waals surface area contributed by atoms with Gasteiger partial charge in [0.25, 0.3) is 0 Å². The molecule has 0 atom stereocenters. The second-order valence-electron chi connectivity index (χ2n) is 6.25. The molecule has 7 nitrogen and oxygen atoms in total. The van der Waals surface area contributed by atoms with Crippen LogP contribution in [0.5, 0.6) is 17.2 Å². The van der Waals surface area contributed by atoms with Crippen LogP contribution < -0.4 is 25.4 Å². The van der Waals surface area contributed by atoms with Gasteiger partial charge in [0.1, 0.15) is 5.75 Å². The van der Waals surface area contributed by atoms with E-state index in [-0.39, 0.29) is 18.7 Å². The summed E-state index contributed by atoms with van der Waals surface area (Å²) in [6.07, 6.45) is 1.77. The van der Waals surface area contributed by atoms with Crippen molar-refractivity contribution >= 4 is 17.4 Å². The maximum Gasteiger partial charge on any atom is 0.319 e. The number of amides is 2. The summed E-state index contributed by atoms with van der Waals surface area (Å²) < 4.78 is 11.3. The minimum absolute atomic E-state index is 0.0748. The highest BCUT2D eigenvalue weighted by atomic mass is 16.5. The monoisotopic (exact) mass is 387 g/mol. The van der Waals surface area contributed by atoms with Crippen molar-refractivity contribution in [2.75, 3.05) is 30.9 Å². The first kappa shape index (κ1) is 21.4. The summed E-state index contributed by atoms with van der Waals surface area (Å²) in [6.45, 7) is 4.65. The topological polar surface area (TPSA) is 91.9 Å². The minimum atomic E-state index is -0.240. The fraction of sp³-hybridized carbons (Fsp3) is 0.381. The predicted octanol–water partition coefficient (Wildman–Crippen LogP) is 4.20. The molecule has 0 radical (unpaired) electrons. The van der Waals surface area contributed by atoms with Gasteiger partial charge in [0.2, 0.25) is 0 Å². The van der Waals surface area contributed by atoms with Crippen LogP contribution in [0.3, 0.4) is 0 Å². The van der Waals surface area contributed by atoms with Gasteiger partial charge in [-0.25, -0.2) is 4.79 Å². The lowest BCUT2D eigenvalue weighted by atomic mass is 10.2. The number of carbonyl (C=O) groups is 1. The summed E-state index contributed by atoms with van der Waals surface area (Å²) in [5, 5.41) is 17.7. The number of hydrogen-bond acceptors (Lipinski definition) is 5. The lowest BCUT2D eigenvalue weighted by Crippen LogP contribution is -2.37. The molecule has 152 valence electrons. The molecule has 0 heterocycles. The molecule has 0 spiro atoms. The van der Waals surface area contributed by atoms with Crippen molar-refractivity contribution in [3.63, 3.8) is 0 Å². The van der Waals surface area contributed by atoms with Gasteiger partial charge >= 0.3 is 6.03 Å². The Morgan fingerprint density at radius 2 is 1.71 bits per heavy atom. The summed E-state index contributed by atoms with van der Waals surface area (Å²) in [4.78, 5) is 12.1. The standard InChI is InChI=1S/C21H29N3O4/c1-4-15(5-2)23-21(26)24-17-8-11-19(20(14-17)27-3)28-18-9-6-16(7-10-18)22-12-13-25/h6-11,14-15,22,25H,4-5,12-13H2,1-3H3,(H2,23,24,26). The number of rotatable bonds is 10. The smallest absolute Gasteiger partial charge is 0.319 e. The molecule has 28 heavy (non-hydrogen) atoms. The molecule has 7 heteroatoms. The minimum Gasteiger partial charge on any atom is -0.493 e. The normalized spacial score (nSPS) is 10.5. The highest BCUT2D eigenvalue weighted by molar-refractivity contribution is 5.89. The lowest BCUT2D eigenvalue weighted by Gasteiger charge is -2.16. The van der Waals surface area contributed by atoms with Crippen LogP contribution in [0.4, 0.5) is 16.2 Å². The molecule has 0 fully saturated rings. The molecule has 2 aromatic rings. The number of nitrogens with one attached hydrogen (secondary N) is 3. The number of anilines is 2. The van der Waals surface area contributed by atoms with Gasteiger partial charge in [0.15, 0.2) is 11.5 Å². The van der Waals surface area contributed by atoms with Gasteiger partial charge in [-0.15, -0.1) is 0 Å². The molecular weight excluding hydrogens is 358 g/mol. The first-order valence-corrected chi connectivity index (χ1v) is 9.47. The SMILES string of the molecule is CCC(CC)NC(=O)Nc1ccc(Oc2ccc(NCCO)cc2)c(OC)c1. The molecule has 2 amide bonds. The van der Waals surface area contributed by atoms with E-state index in [9.17, 15) is 4.79 Å². The predicted molar refractivity (Wildman–Crippen MR) is 112 cm³/mol. The summed E-state index contributed by atoms with van der Waals surface area (Å²) >= 11 is 0. The van der Waals surface area contributed by atoms with E-state index in [0.29, 0.717) is 29.5 Å². The quantitative estimate of drug-likeness (QED) is 0.490. The van der Waals surface area contributed by atoms with Crippen molar-refractivity contribution in [1.29, 1.82) is 0 Å². The van der Waals surface area contributed by atoms with Crippen LogP contribution in [0.2, 0.25) is 0 Å². The van der Waals surface area contributed by atoms with Crippen molar-refractivity contribution in [1.82, 2.24) is 5.32 Å². The van der Waals surface area contributed by atoms with E-state index < -0.39 is 0 Å². The van der Waals surface area contributed by atoms with E-state index in [1.165, 1.54) is 0 Å². The Hall–Kier alpha value is -2.93. The van der Waals surface area contributed by atoms with Crippen LogP contribution in [-0.4, -0.2) is 37.4 Å². The molecule has 0 aliphatic heterocycles. The van der Waals surface area contributed by atoms with E-state index in [2.05, 4.69) is 16.0 Å². The van der Waals surface area contributed by atoms with Crippen LogP contribution >= 0.6 is 0 Å². The molecule has 0 unspecified atom stereocenters. The average molecular weight is 387 g/mol. The maximum atomic E-state index is 12.1. The molecule has 0 aromatic heterocycles. The Kier molecular flexibility index (Phi) is 8.42. The molecule has 2 rings (SSSR count). The summed E-state index contributed by atoms with van der Waals surface area (Å²) in [5.74, 6) is 1.72. The van der Waals surface area contributed by atoms with Crippen LogP contribution in [-0.2, 0) is 0 Å². The zero-order valence-electron chi connectivity index (χ0n) is 16.6. The fourth-order valence-electron chi connectivity index (χ4n) is 2.64. The summed E-state index contributed by atoms with van der Waals surface area (Å²) in [6, 6.07) is 12.5. The Balaban J connectivity index is 2.03. The second kappa shape index (κ2) is 11.0. The summed E-state index contributed by atoms with van der Waals surface area (Å²) in [5.41, 5.74) is 1.52. The third-order valence-electron chi connectivity index (χ3n) is 4.27. The van der Waals surface area contributed by atoms with Crippen LogP contribution in [0, 0.1) is 0 Å². The van der Waals surface area contributed by atoms with Gasteiger partial charge in [-0.2, -0.15) is 0 Å². The highest BCUT2D eigenvalue weighted by Crippen LogP contribution is 2.34. The second-order valence-corrected chi connectivity index (χ2v) is 6.25. The van der Waals surface area contributed by atoms with Crippen molar-refractivity contribution in [3.8, 4) is 17.2 Å². The molecule has 0 aliphatic carbocycles. The molecule has 0 saturated carbocycles. The van der Waals surface area contributed by atoms with E-state index in [4.69, 9.17) is 14.6 Å². The Bertz CT molecular complexity index is 746. The maximum absolute atomic E-state index is 12.1. The first-order chi connectivity index (χ1) is 13.6. The Labute approximate surface area is 166 Å². The number of methoxy groups -OCH3 is 1. The third kappa shape index (κ3) is 6.35. The van der Waals surface area contributed by atoms with E-state index in [1.807, 2.05) is 38.1 Å². The molecule has 2 aromatic carbocycles. The zero-order chi connectivity index (χ0) is 20.4. The first-order valence-electron chi connectivity index (χ1n) is 9.47. The molecule has 0 saturated heterocycles. The number of carbonyl (C=O) groups excluding carboxylic acids is 1. The third-order valence-corrected chi connectivity index (χ3v) is 4.27. The van der Waals surface area contributed by atoms with E-state index >= 15 is 0 Å². The van der Waals surface area contributed by atoms with Crippen molar-refractivity contribution in [3.05, 3.63) is 42.5 Å². The number of benzene rings is 2. The fourth-order valence-corrected chi connectivity index (χ4v) is 2.64. The largest absolute Gasteiger partial charge is 0.493 e. The lowest BCUT2D eigenvalue weighted by molar-refractivity contribution is 0.247.